The predicted molar refractivity (Wildman–Crippen MR) is 72.4 cm³/mol. The molecule has 0 bridgehead atoms. The van der Waals surface area contributed by atoms with Crippen molar-refractivity contribution in [1.29, 1.82) is 0 Å². The Morgan fingerprint density at radius 3 is 2.61 bits per heavy atom. The monoisotopic (exact) mass is 244 g/mol. The summed E-state index contributed by atoms with van der Waals surface area (Å²) in [4.78, 5) is 11.6. The summed E-state index contributed by atoms with van der Waals surface area (Å²) in [5.74, 6) is -0.321. The van der Waals surface area contributed by atoms with Crippen molar-refractivity contribution in [2.75, 3.05) is 0 Å². The highest BCUT2D eigenvalue weighted by Gasteiger charge is 2.40. The lowest BCUT2D eigenvalue weighted by Crippen LogP contribution is -2.29. The molecule has 2 rings (SSSR count). The third kappa shape index (κ3) is 2.33. The molecular weight excluding hydrogens is 224 g/mol. The van der Waals surface area contributed by atoms with Gasteiger partial charge in [0.15, 0.2) is 0 Å². The summed E-state index contributed by atoms with van der Waals surface area (Å²) in [5.41, 5.74) is 3.13. The molecule has 18 heavy (non-hydrogen) atoms. The van der Waals surface area contributed by atoms with Crippen LogP contribution in [0.2, 0.25) is 0 Å². The van der Waals surface area contributed by atoms with Crippen LogP contribution in [0.4, 0.5) is 0 Å². The van der Waals surface area contributed by atoms with Crippen LogP contribution in [-0.4, -0.2) is 5.97 Å². The zero-order chi connectivity index (χ0) is 13.2. The van der Waals surface area contributed by atoms with E-state index >= 15 is 0 Å². The van der Waals surface area contributed by atoms with Crippen LogP contribution in [0.25, 0.3) is 0 Å². The molecule has 0 atom stereocenters. The van der Waals surface area contributed by atoms with E-state index in [1.807, 2.05) is 0 Å². The Bertz CT molecular complexity index is 468. The summed E-state index contributed by atoms with van der Waals surface area (Å²) in [7, 11) is 0. The average Bonchev–Trinajstić information content (AvgIpc) is 2.81. The van der Waals surface area contributed by atoms with E-state index in [-0.39, 0.29) is 5.97 Å². The molecule has 0 saturated heterocycles. The van der Waals surface area contributed by atoms with E-state index < -0.39 is 5.60 Å². The van der Waals surface area contributed by atoms with Crippen molar-refractivity contribution in [3.05, 3.63) is 47.5 Å². The minimum atomic E-state index is -0.429. The van der Waals surface area contributed by atoms with E-state index in [1.54, 1.807) is 0 Å². The molecule has 1 saturated carbocycles. The Labute approximate surface area is 109 Å². The number of carbonyl (C=O) groups is 1. The number of benzene rings is 1. The molecule has 0 spiro atoms. The second kappa shape index (κ2) is 4.97. The van der Waals surface area contributed by atoms with E-state index in [0.29, 0.717) is 0 Å². The lowest BCUT2D eigenvalue weighted by Gasteiger charge is -2.31. The highest BCUT2D eigenvalue weighted by molar-refractivity contribution is 5.81. The maximum atomic E-state index is 11.6. The Morgan fingerprint density at radius 2 is 2.00 bits per heavy atom. The summed E-state index contributed by atoms with van der Waals surface area (Å²) < 4.78 is 5.71. The Hall–Kier alpha value is -1.57. The van der Waals surface area contributed by atoms with Gasteiger partial charge in [0.1, 0.15) is 5.60 Å². The maximum absolute atomic E-state index is 11.6. The number of hydrogen-bond acceptors (Lipinski definition) is 2. The van der Waals surface area contributed by atoms with Crippen molar-refractivity contribution in [3.8, 4) is 0 Å². The van der Waals surface area contributed by atoms with E-state index in [4.69, 9.17) is 4.74 Å². The van der Waals surface area contributed by atoms with Crippen LogP contribution in [0, 0.1) is 13.8 Å². The first-order valence-corrected chi connectivity index (χ1v) is 6.50. The quantitative estimate of drug-likeness (QED) is 0.597. The summed E-state index contributed by atoms with van der Waals surface area (Å²) in [6.07, 6.45) is 5.30. The molecule has 0 radical (unpaired) electrons. The first-order valence-electron chi connectivity index (χ1n) is 6.50. The third-order valence-corrected chi connectivity index (χ3v) is 3.76. The summed E-state index contributed by atoms with van der Waals surface area (Å²) in [6.45, 7) is 7.64. The third-order valence-electron chi connectivity index (χ3n) is 3.76. The largest absolute Gasteiger partial charge is 0.451 e. The molecule has 1 aromatic rings. The Kier molecular flexibility index (Phi) is 3.55. The van der Waals surface area contributed by atoms with Crippen LogP contribution in [0.5, 0.6) is 0 Å². The van der Waals surface area contributed by atoms with E-state index in [1.165, 1.54) is 17.2 Å². The van der Waals surface area contributed by atoms with Gasteiger partial charge in [-0.25, -0.2) is 4.79 Å². The van der Waals surface area contributed by atoms with Gasteiger partial charge in [0.25, 0.3) is 0 Å². The zero-order valence-electron chi connectivity index (χ0n) is 11.2. The molecule has 1 aromatic carbocycles. The smallest absolute Gasteiger partial charge is 0.331 e. The van der Waals surface area contributed by atoms with Crippen LogP contribution in [0.1, 0.15) is 42.4 Å². The van der Waals surface area contributed by atoms with Crippen molar-refractivity contribution < 1.29 is 9.53 Å². The molecule has 0 N–H and O–H groups in total. The van der Waals surface area contributed by atoms with Gasteiger partial charge in [-0.1, -0.05) is 30.3 Å². The van der Waals surface area contributed by atoms with Gasteiger partial charge in [-0.3, -0.25) is 0 Å². The average molecular weight is 244 g/mol. The molecule has 1 aliphatic rings. The Morgan fingerprint density at radius 1 is 1.33 bits per heavy atom. The SMILES string of the molecule is C=CC(=O)OC1(c2cc(C)ccc2C)CCCC1. The second-order valence-electron chi connectivity index (χ2n) is 5.14. The fourth-order valence-electron chi connectivity index (χ4n) is 2.83. The van der Waals surface area contributed by atoms with Gasteiger partial charge in [0.2, 0.25) is 0 Å². The molecule has 2 heteroatoms. The van der Waals surface area contributed by atoms with Crippen LogP contribution >= 0.6 is 0 Å². The molecule has 0 heterocycles. The number of ether oxygens (including phenoxy) is 1. The summed E-state index contributed by atoms with van der Waals surface area (Å²) >= 11 is 0. The molecule has 1 aliphatic carbocycles. The normalized spacial score (nSPS) is 17.4. The molecule has 0 unspecified atom stereocenters. The number of carbonyl (C=O) groups excluding carboxylic acids is 1. The number of hydrogen-bond donors (Lipinski definition) is 0. The Balaban J connectivity index is 2.43. The van der Waals surface area contributed by atoms with Crippen molar-refractivity contribution in [3.63, 3.8) is 0 Å². The second-order valence-corrected chi connectivity index (χ2v) is 5.14. The van der Waals surface area contributed by atoms with Gasteiger partial charge in [0, 0.05) is 6.08 Å². The highest BCUT2D eigenvalue weighted by atomic mass is 16.6. The van der Waals surface area contributed by atoms with Crippen LogP contribution in [-0.2, 0) is 15.1 Å². The standard InChI is InChI=1S/C16H20O2/c1-4-15(17)18-16(9-5-6-10-16)14-11-12(2)7-8-13(14)3/h4,7-8,11H,1,5-6,9-10H2,2-3H3. The lowest BCUT2D eigenvalue weighted by molar-refractivity contribution is -0.154. The van der Waals surface area contributed by atoms with Gasteiger partial charge in [-0.05, 0) is 50.7 Å². The molecule has 2 nitrogen and oxygen atoms in total. The number of aryl methyl sites for hydroxylation is 2. The van der Waals surface area contributed by atoms with Crippen molar-refractivity contribution >= 4 is 5.97 Å². The molecule has 0 aliphatic heterocycles. The van der Waals surface area contributed by atoms with Crippen LogP contribution < -0.4 is 0 Å². The summed E-state index contributed by atoms with van der Waals surface area (Å²) in [6, 6.07) is 6.35. The van der Waals surface area contributed by atoms with Crippen molar-refractivity contribution in [1.82, 2.24) is 0 Å². The van der Waals surface area contributed by atoms with Crippen LogP contribution in [0.15, 0.2) is 30.9 Å². The minimum Gasteiger partial charge on any atom is -0.451 e. The fourth-order valence-corrected chi connectivity index (χ4v) is 2.83. The van der Waals surface area contributed by atoms with Gasteiger partial charge in [-0.2, -0.15) is 0 Å². The van der Waals surface area contributed by atoms with E-state index in [0.717, 1.165) is 31.2 Å². The molecule has 96 valence electrons. The zero-order valence-corrected chi connectivity index (χ0v) is 11.2. The molecule has 1 fully saturated rings. The summed E-state index contributed by atoms with van der Waals surface area (Å²) in [5, 5.41) is 0. The molecule has 0 amide bonds. The number of rotatable bonds is 3. The first-order chi connectivity index (χ1) is 8.57. The molecule has 0 aromatic heterocycles. The highest BCUT2D eigenvalue weighted by Crippen LogP contribution is 2.43. The first kappa shape index (κ1) is 12.9. The molecular formula is C16H20O2. The topological polar surface area (TPSA) is 26.3 Å². The van der Waals surface area contributed by atoms with E-state index in [2.05, 4.69) is 38.6 Å². The van der Waals surface area contributed by atoms with Crippen molar-refractivity contribution in [2.24, 2.45) is 0 Å². The van der Waals surface area contributed by atoms with E-state index in [9.17, 15) is 4.79 Å². The maximum Gasteiger partial charge on any atom is 0.331 e. The van der Waals surface area contributed by atoms with Gasteiger partial charge < -0.3 is 4.74 Å². The van der Waals surface area contributed by atoms with Crippen molar-refractivity contribution in [2.45, 2.75) is 45.1 Å². The van der Waals surface area contributed by atoms with Gasteiger partial charge in [-0.15, -0.1) is 0 Å². The van der Waals surface area contributed by atoms with Gasteiger partial charge >= 0.3 is 5.97 Å². The predicted octanol–water partition coefficient (Wildman–Crippen LogP) is 3.80. The van der Waals surface area contributed by atoms with Crippen LogP contribution in [0.3, 0.4) is 0 Å². The minimum absolute atomic E-state index is 0.321. The lowest BCUT2D eigenvalue weighted by atomic mass is 9.87. The van der Waals surface area contributed by atoms with Gasteiger partial charge in [0.05, 0.1) is 0 Å². The number of esters is 1. The fraction of sp³-hybridized carbons (Fsp3) is 0.438.